The predicted molar refractivity (Wildman–Crippen MR) is 106 cm³/mol. The number of aromatic amines is 1. The van der Waals surface area contributed by atoms with Crippen LogP contribution >= 0.6 is 0 Å². The van der Waals surface area contributed by atoms with Gasteiger partial charge in [0.2, 0.25) is 11.9 Å². The Morgan fingerprint density at radius 3 is 2.78 bits per heavy atom. The zero-order valence-electron chi connectivity index (χ0n) is 16.5. The molecule has 27 heavy (non-hydrogen) atoms. The maximum atomic E-state index is 12.6. The number of likely N-dealkylation sites (tertiary alicyclic amines) is 2. The van der Waals surface area contributed by atoms with Crippen molar-refractivity contribution >= 4 is 11.9 Å². The molecule has 2 aliphatic rings. The van der Waals surface area contributed by atoms with E-state index in [0.29, 0.717) is 30.8 Å². The van der Waals surface area contributed by atoms with Crippen LogP contribution in [0.3, 0.4) is 0 Å². The van der Waals surface area contributed by atoms with Crippen LogP contribution in [-0.4, -0.2) is 78.0 Å². The standard InChI is InChI=1S/C19H32N6O2/c1-14-12-17(26)23-19(22-14)21-8-7-20-18(27)15-4-3-9-25(13-15)16-5-10-24(2)11-6-16/h12,15-16H,3-11,13H2,1-2H3,(H,20,27)(H2,21,22,23,26)/t15-/m1/s1. The Morgan fingerprint density at radius 2 is 2.04 bits per heavy atom. The molecule has 0 unspecified atom stereocenters. The van der Waals surface area contributed by atoms with Gasteiger partial charge in [0, 0.05) is 37.4 Å². The Balaban J connectivity index is 1.40. The number of aromatic nitrogens is 2. The van der Waals surface area contributed by atoms with Crippen LogP contribution in [0, 0.1) is 12.8 Å². The highest BCUT2D eigenvalue weighted by atomic mass is 16.2. The number of aryl methyl sites for hydroxylation is 1. The van der Waals surface area contributed by atoms with E-state index in [2.05, 4.69) is 37.4 Å². The molecule has 3 heterocycles. The topological polar surface area (TPSA) is 93.4 Å². The second-order valence-corrected chi connectivity index (χ2v) is 7.82. The first kappa shape index (κ1) is 19.8. The number of amides is 1. The van der Waals surface area contributed by atoms with Crippen LogP contribution in [0.15, 0.2) is 10.9 Å². The van der Waals surface area contributed by atoms with E-state index in [-0.39, 0.29) is 17.4 Å². The van der Waals surface area contributed by atoms with Gasteiger partial charge in [0.05, 0.1) is 5.92 Å². The van der Waals surface area contributed by atoms with Crippen LogP contribution < -0.4 is 16.2 Å². The number of rotatable bonds is 6. The second kappa shape index (κ2) is 9.32. The maximum absolute atomic E-state index is 12.6. The Kier molecular flexibility index (Phi) is 6.84. The lowest BCUT2D eigenvalue weighted by molar-refractivity contribution is -0.127. The number of hydrogen-bond acceptors (Lipinski definition) is 6. The first-order valence-corrected chi connectivity index (χ1v) is 10.0. The summed E-state index contributed by atoms with van der Waals surface area (Å²) in [6, 6.07) is 2.08. The molecule has 1 aromatic heterocycles. The number of hydrogen-bond donors (Lipinski definition) is 3. The number of anilines is 1. The van der Waals surface area contributed by atoms with Crippen molar-refractivity contribution in [2.24, 2.45) is 5.92 Å². The minimum absolute atomic E-state index is 0.0790. The fraction of sp³-hybridized carbons (Fsp3) is 0.737. The highest BCUT2D eigenvalue weighted by Gasteiger charge is 2.30. The molecule has 150 valence electrons. The molecule has 1 aromatic rings. The second-order valence-electron chi connectivity index (χ2n) is 7.82. The van der Waals surface area contributed by atoms with Crippen LogP contribution in [-0.2, 0) is 4.79 Å². The van der Waals surface area contributed by atoms with E-state index in [9.17, 15) is 9.59 Å². The summed E-state index contributed by atoms with van der Waals surface area (Å²) in [7, 11) is 2.18. The molecule has 2 saturated heterocycles. The third-order valence-corrected chi connectivity index (χ3v) is 5.61. The molecular weight excluding hydrogens is 344 g/mol. The first-order valence-electron chi connectivity index (χ1n) is 10.0. The molecule has 0 spiro atoms. The molecule has 0 aliphatic carbocycles. The lowest BCUT2D eigenvalue weighted by Crippen LogP contribution is -2.50. The Morgan fingerprint density at radius 1 is 1.26 bits per heavy atom. The highest BCUT2D eigenvalue weighted by Crippen LogP contribution is 2.23. The van der Waals surface area contributed by atoms with Gasteiger partial charge in [0.1, 0.15) is 0 Å². The lowest BCUT2D eigenvalue weighted by Gasteiger charge is -2.41. The molecule has 0 aromatic carbocycles. The average Bonchev–Trinajstić information content (AvgIpc) is 2.65. The Hall–Kier alpha value is -1.93. The van der Waals surface area contributed by atoms with Gasteiger partial charge in [-0.05, 0) is 59.3 Å². The predicted octanol–water partition coefficient (Wildman–Crippen LogP) is 0.413. The number of nitrogens with one attached hydrogen (secondary N) is 3. The summed E-state index contributed by atoms with van der Waals surface area (Å²) >= 11 is 0. The molecule has 1 amide bonds. The van der Waals surface area contributed by atoms with E-state index in [1.54, 1.807) is 6.92 Å². The van der Waals surface area contributed by atoms with Crippen LogP contribution in [0.2, 0.25) is 0 Å². The quantitative estimate of drug-likeness (QED) is 0.623. The van der Waals surface area contributed by atoms with Gasteiger partial charge < -0.3 is 15.5 Å². The molecule has 2 aliphatic heterocycles. The van der Waals surface area contributed by atoms with Gasteiger partial charge in [0.25, 0.3) is 5.56 Å². The van der Waals surface area contributed by atoms with E-state index < -0.39 is 0 Å². The van der Waals surface area contributed by atoms with Crippen LogP contribution in [0.1, 0.15) is 31.4 Å². The minimum atomic E-state index is -0.176. The number of carbonyl (C=O) groups excluding carboxylic acids is 1. The molecule has 3 N–H and O–H groups in total. The van der Waals surface area contributed by atoms with Crippen molar-refractivity contribution in [1.82, 2.24) is 25.1 Å². The number of carbonyl (C=O) groups is 1. The average molecular weight is 377 g/mol. The zero-order valence-corrected chi connectivity index (χ0v) is 16.5. The van der Waals surface area contributed by atoms with E-state index in [1.807, 2.05) is 0 Å². The third kappa shape index (κ3) is 5.77. The van der Waals surface area contributed by atoms with Crippen molar-refractivity contribution in [1.29, 1.82) is 0 Å². The van der Waals surface area contributed by atoms with Crippen molar-refractivity contribution < 1.29 is 4.79 Å². The van der Waals surface area contributed by atoms with Gasteiger partial charge in [-0.3, -0.25) is 19.5 Å². The smallest absolute Gasteiger partial charge is 0.252 e. The van der Waals surface area contributed by atoms with Crippen LogP contribution in [0.25, 0.3) is 0 Å². The van der Waals surface area contributed by atoms with Crippen molar-refractivity contribution in [3.8, 4) is 0 Å². The first-order chi connectivity index (χ1) is 13.0. The van der Waals surface area contributed by atoms with Gasteiger partial charge >= 0.3 is 0 Å². The number of H-pyrrole nitrogens is 1. The van der Waals surface area contributed by atoms with E-state index in [0.717, 1.165) is 39.0 Å². The molecule has 3 rings (SSSR count). The maximum Gasteiger partial charge on any atom is 0.252 e. The summed E-state index contributed by atoms with van der Waals surface area (Å²) in [4.78, 5) is 35.7. The summed E-state index contributed by atoms with van der Waals surface area (Å²) in [6.45, 7) is 7.12. The number of piperidine rings is 2. The number of nitrogens with zero attached hydrogens (tertiary/aromatic N) is 3. The zero-order chi connectivity index (χ0) is 19.2. The fourth-order valence-corrected chi connectivity index (χ4v) is 4.09. The normalized spacial score (nSPS) is 22.5. The van der Waals surface area contributed by atoms with E-state index >= 15 is 0 Å². The van der Waals surface area contributed by atoms with Gasteiger partial charge in [-0.15, -0.1) is 0 Å². The summed E-state index contributed by atoms with van der Waals surface area (Å²) in [5.74, 6) is 0.663. The fourth-order valence-electron chi connectivity index (χ4n) is 4.09. The third-order valence-electron chi connectivity index (χ3n) is 5.61. The summed E-state index contributed by atoms with van der Waals surface area (Å²) in [5.41, 5.74) is 0.492. The lowest BCUT2D eigenvalue weighted by atomic mass is 9.93. The van der Waals surface area contributed by atoms with Gasteiger partial charge in [-0.1, -0.05) is 0 Å². The monoisotopic (exact) mass is 376 g/mol. The Labute approximate surface area is 160 Å². The Bertz CT molecular complexity index is 683. The minimum Gasteiger partial charge on any atom is -0.354 e. The van der Waals surface area contributed by atoms with E-state index in [1.165, 1.54) is 18.9 Å². The molecule has 8 heteroatoms. The van der Waals surface area contributed by atoms with Gasteiger partial charge in [0.15, 0.2) is 0 Å². The molecule has 2 fully saturated rings. The van der Waals surface area contributed by atoms with Gasteiger partial charge in [-0.2, -0.15) is 0 Å². The van der Waals surface area contributed by atoms with Crippen molar-refractivity contribution in [3.05, 3.63) is 22.1 Å². The molecule has 8 nitrogen and oxygen atoms in total. The van der Waals surface area contributed by atoms with Crippen molar-refractivity contribution in [2.45, 2.75) is 38.6 Å². The summed E-state index contributed by atoms with van der Waals surface area (Å²) in [6.07, 6.45) is 4.47. The SMILES string of the molecule is Cc1cc(=O)[nH]c(NCCNC(=O)[C@@H]2CCCN(C3CCN(C)CC3)C2)n1. The van der Waals surface area contributed by atoms with Crippen molar-refractivity contribution in [2.75, 3.05) is 51.6 Å². The molecule has 1 atom stereocenters. The molecule has 0 saturated carbocycles. The largest absolute Gasteiger partial charge is 0.354 e. The highest BCUT2D eigenvalue weighted by molar-refractivity contribution is 5.79. The van der Waals surface area contributed by atoms with E-state index in [4.69, 9.17) is 0 Å². The molecule has 0 bridgehead atoms. The van der Waals surface area contributed by atoms with Crippen LogP contribution in [0.5, 0.6) is 0 Å². The summed E-state index contributed by atoms with van der Waals surface area (Å²) < 4.78 is 0. The van der Waals surface area contributed by atoms with Gasteiger partial charge in [-0.25, -0.2) is 4.98 Å². The van der Waals surface area contributed by atoms with Crippen LogP contribution in [0.4, 0.5) is 5.95 Å². The molecular formula is C19H32N6O2. The van der Waals surface area contributed by atoms with Crippen molar-refractivity contribution in [3.63, 3.8) is 0 Å². The molecule has 0 radical (unpaired) electrons. The summed E-state index contributed by atoms with van der Waals surface area (Å²) in [5, 5.41) is 6.08.